The second-order valence-corrected chi connectivity index (χ2v) is 4.71. The van der Waals surface area contributed by atoms with E-state index in [1.165, 1.54) is 10.6 Å². The average Bonchev–Trinajstić information content (AvgIpc) is 2.94. The number of para-hydroxylation sites is 1. The zero-order valence-corrected chi connectivity index (χ0v) is 11.0. The van der Waals surface area contributed by atoms with Gasteiger partial charge in [-0.25, -0.2) is 4.52 Å². The molecule has 3 aromatic rings. The summed E-state index contributed by atoms with van der Waals surface area (Å²) in [6.45, 7) is 0. The van der Waals surface area contributed by atoms with E-state index < -0.39 is 6.29 Å². The van der Waals surface area contributed by atoms with E-state index in [0.29, 0.717) is 16.8 Å². The number of benzene rings is 1. The van der Waals surface area contributed by atoms with Crippen molar-refractivity contribution < 1.29 is 18.3 Å². The molecule has 0 unspecified atom stereocenters. The van der Waals surface area contributed by atoms with Crippen LogP contribution >= 0.6 is 11.6 Å². The van der Waals surface area contributed by atoms with Crippen LogP contribution < -0.4 is 9.47 Å². The summed E-state index contributed by atoms with van der Waals surface area (Å²) in [6, 6.07) is 8.08. The SMILES string of the molecule is FC1(F)Oc2cccc(-c3cccn4nc(Cl)nc34)c2O1. The Kier molecular flexibility index (Phi) is 2.38. The molecule has 1 aliphatic heterocycles. The predicted octanol–water partition coefficient (Wildman–Crippen LogP) is 3.37. The maximum atomic E-state index is 13.3. The Morgan fingerprint density at radius 1 is 1.10 bits per heavy atom. The number of nitrogens with zero attached hydrogens (tertiary/aromatic N) is 3. The van der Waals surface area contributed by atoms with Crippen LogP contribution in [0.5, 0.6) is 11.5 Å². The van der Waals surface area contributed by atoms with Crippen LogP contribution in [-0.2, 0) is 0 Å². The molecule has 0 aliphatic carbocycles. The Bertz CT molecular complexity index is 866. The van der Waals surface area contributed by atoms with Crippen LogP contribution in [0, 0.1) is 0 Å². The maximum Gasteiger partial charge on any atom is 0.586 e. The van der Waals surface area contributed by atoms with E-state index in [1.807, 2.05) is 0 Å². The highest BCUT2D eigenvalue weighted by atomic mass is 35.5. The van der Waals surface area contributed by atoms with Crippen LogP contribution in [-0.4, -0.2) is 20.9 Å². The quantitative estimate of drug-likeness (QED) is 0.691. The van der Waals surface area contributed by atoms with Crippen LogP contribution in [0.15, 0.2) is 36.5 Å². The van der Waals surface area contributed by atoms with E-state index in [2.05, 4.69) is 19.6 Å². The summed E-state index contributed by atoms with van der Waals surface area (Å²) in [5.74, 6) is -0.0557. The van der Waals surface area contributed by atoms with E-state index in [4.69, 9.17) is 11.6 Å². The lowest BCUT2D eigenvalue weighted by Gasteiger charge is -2.07. The smallest absolute Gasteiger partial charge is 0.395 e. The summed E-state index contributed by atoms with van der Waals surface area (Å²) in [5, 5.41) is 4.04. The Hall–Kier alpha value is -2.41. The third-order valence-electron chi connectivity index (χ3n) is 3.06. The summed E-state index contributed by atoms with van der Waals surface area (Å²) in [7, 11) is 0. The molecular formula is C13H6ClF2N3O2. The van der Waals surface area contributed by atoms with Crippen molar-refractivity contribution >= 4 is 17.2 Å². The normalized spacial score (nSPS) is 15.6. The molecule has 0 fully saturated rings. The van der Waals surface area contributed by atoms with E-state index >= 15 is 0 Å². The van der Waals surface area contributed by atoms with Gasteiger partial charge in [-0.05, 0) is 29.8 Å². The highest BCUT2D eigenvalue weighted by Crippen LogP contribution is 2.47. The molecule has 0 spiro atoms. The predicted molar refractivity (Wildman–Crippen MR) is 69.6 cm³/mol. The molecule has 1 aliphatic rings. The standard InChI is InChI=1S/C13H6ClF2N3O2/c14-12-17-11-8(4-2-6-19(11)18-12)7-3-1-5-9-10(7)21-13(15,16)20-9/h1-6H. The summed E-state index contributed by atoms with van der Waals surface area (Å²) in [5.41, 5.74) is 1.43. The fourth-order valence-electron chi connectivity index (χ4n) is 2.27. The van der Waals surface area contributed by atoms with Gasteiger partial charge in [0.15, 0.2) is 17.1 Å². The number of alkyl halides is 2. The Morgan fingerprint density at radius 3 is 2.76 bits per heavy atom. The molecule has 21 heavy (non-hydrogen) atoms. The number of halogens is 3. The van der Waals surface area contributed by atoms with Crippen LogP contribution in [0.25, 0.3) is 16.8 Å². The van der Waals surface area contributed by atoms with Crippen molar-refractivity contribution in [1.29, 1.82) is 0 Å². The second kappa shape index (κ2) is 4.05. The number of fused-ring (bicyclic) bond motifs is 2. The van der Waals surface area contributed by atoms with E-state index in [-0.39, 0.29) is 16.8 Å². The highest BCUT2D eigenvalue weighted by molar-refractivity contribution is 6.28. The van der Waals surface area contributed by atoms with Gasteiger partial charge in [-0.3, -0.25) is 0 Å². The van der Waals surface area contributed by atoms with Crippen molar-refractivity contribution in [3.63, 3.8) is 0 Å². The van der Waals surface area contributed by atoms with Gasteiger partial charge in [0, 0.05) is 17.3 Å². The first-order valence-corrected chi connectivity index (χ1v) is 6.31. The number of pyridine rings is 1. The Labute approximate surface area is 121 Å². The van der Waals surface area contributed by atoms with Crippen molar-refractivity contribution in [2.45, 2.75) is 6.29 Å². The molecule has 5 nitrogen and oxygen atoms in total. The van der Waals surface area contributed by atoms with Gasteiger partial charge >= 0.3 is 6.29 Å². The number of hydrogen-bond donors (Lipinski definition) is 0. The van der Waals surface area contributed by atoms with Crippen LogP contribution in [0.1, 0.15) is 0 Å². The summed E-state index contributed by atoms with van der Waals surface area (Å²) in [4.78, 5) is 4.08. The molecule has 0 bridgehead atoms. The fourth-order valence-corrected chi connectivity index (χ4v) is 2.43. The third-order valence-corrected chi connectivity index (χ3v) is 3.22. The lowest BCUT2D eigenvalue weighted by molar-refractivity contribution is -0.286. The van der Waals surface area contributed by atoms with E-state index in [1.54, 1.807) is 30.5 Å². The van der Waals surface area contributed by atoms with Gasteiger partial charge in [0.1, 0.15) is 0 Å². The van der Waals surface area contributed by atoms with Crippen molar-refractivity contribution in [2.75, 3.05) is 0 Å². The Morgan fingerprint density at radius 2 is 1.90 bits per heavy atom. The maximum absolute atomic E-state index is 13.3. The van der Waals surface area contributed by atoms with Crippen molar-refractivity contribution in [3.05, 3.63) is 41.8 Å². The fraction of sp³-hybridized carbons (Fsp3) is 0.0769. The molecule has 0 N–H and O–H groups in total. The first kappa shape index (κ1) is 12.3. The van der Waals surface area contributed by atoms with Gasteiger partial charge in [0.2, 0.25) is 5.28 Å². The molecule has 0 saturated heterocycles. The highest BCUT2D eigenvalue weighted by Gasteiger charge is 2.44. The third kappa shape index (κ3) is 1.89. The number of hydrogen-bond acceptors (Lipinski definition) is 4. The topological polar surface area (TPSA) is 48.7 Å². The van der Waals surface area contributed by atoms with Gasteiger partial charge in [0.05, 0.1) is 0 Å². The minimum absolute atomic E-state index is 0.0230. The van der Waals surface area contributed by atoms with Crippen LogP contribution in [0.4, 0.5) is 8.78 Å². The number of aromatic nitrogens is 3. The first-order chi connectivity index (χ1) is 10.0. The van der Waals surface area contributed by atoms with Gasteiger partial charge in [-0.1, -0.05) is 12.1 Å². The molecule has 4 rings (SSSR count). The minimum Gasteiger partial charge on any atom is -0.395 e. The largest absolute Gasteiger partial charge is 0.586 e. The second-order valence-electron chi connectivity index (χ2n) is 4.37. The summed E-state index contributed by atoms with van der Waals surface area (Å²) < 4.78 is 37.0. The summed E-state index contributed by atoms with van der Waals surface area (Å²) >= 11 is 5.79. The molecule has 2 aromatic heterocycles. The minimum atomic E-state index is -3.67. The van der Waals surface area contributed by atoms with Crippen LogP contribution in [0.3, 0.4) is 0 Å². The van der Waals surface area contributed by atoms with E-state index in [0.717, 1.165) is 0 Å². The van der Waals surface area contributed by atoms with Crippen molar-refractivity contribution in [1.82, 2.24) is 14.6 Å². The van der Waals surface area contributed by atoms with Gasteiger partial charge < -0.3 is 9.47 Å². The zero-order valence-electron chi connectivity index (χ0n) is 10.3. The molecule has 8 heteroatoms. The molecule has 0 amide bonds. The van der Waals surface area contributed by atoms with Crippen molar-refractivity contribution in [3.8, 4) is 22.6 Å². The summed E-state index contributed by atoms with van der Waals surface area (Å²) in [6.07, 6.45) is -2.01. The molecule has 3 heterocycles. The van der Waals surface area contributed by atoms with Crippen LogP contribution in [0.2, 0.25) is 5.28 Å². The molecular weight excluding hydrogens is 304 g/mol. The lowest BCUT2D eigenvalue weighted by Crippen LogP contribution is -2.26. The molecule has 0 atom stereocenters. The average molecular weight is 310 g/mol. The monoisotopic (exact) mass is 309 g/mol. The molecule has 0 radical (unpaired) electrons. The van der Waals surface area contributed by atoms with Gasteiger partial charge in [-0.2, -0.15) is 4.98 Å². The molecule has 106 valence electrons. The zero-order chi connectivity index (χ0) is 14.6. The molecule has 0 saturated carbocycles. The van der Waals surface area contributed by atoms with Gasteiger partial charge in [0.25, 0.3) is 0 Å². The molecule has 1 aromatic carbocycles. The van der Waals surface area contributed by atoms with Crippen molar-refractivity contribution in [2.24, 2.45) is 0 Å². The number of rotatable bonds is 1. The number of ether oxygens (including phenoxy) is 2. The Balaban J connectivity index is 1.97. The first-order valence-electron chi connectivity index (χ1n) is 5.94. The van der Waals surface area contributed by atoms with E-state index in [9.17, 15) is 8.78 Å². The lowest BCUT2D eigenvalue weighted by atomic mass is 10.1. The van der Waals surface area contributed by atoms with Gasteiger partial charge in [-0.15, -0.1) is 13.9 Å².